The quantitative estimate of drug-likeness (QED) is 0.772. The molecule has 1 saturated heterocycles. The molecule has 1 aliphatic heterocycles. The highest BCUT2D eigenvalue weighted by Crippen LogP contribution is 2.22. The van der Waals surface area contributed by atoms with Crippen molar-refractivity contribution in [1.82, 2.24) is 4.90 Å². The fraction of sp³-hybridized carbons (Fsp3) is 0.917. The normalized spacial score (nSPS) is 28.9. The topological polar surface area (TPSA) is 46.3 Å². The third kappa shape index (κ3) is 3.20. The van der Waals surface area contributed by atoms with Crippen molar-refractivity contribution in [2.75, 3.05) is 13.1 Å². The van der Waals surface area contributed by atoms with Crippen molar-refractivity contribution >= 4 is 5.91 Å². The smallest absolute Gasteiger partial charge is 0.239 e. The van der Waals surface area contributed by atoms with Crippen LogP contribution in [0.3, 0.4) is 0 Å². The average molecular weight is 212 g/mol. The van der Waals surface area contributed by atoms with Gasteiger partial charge in [0.2, 0.25) is 5.91 Å². The van der Waals surface area contributed by atoms with Gasteiger partial charge in [-0.25, -0.2) is 0 Å². The molecule has 0 aromatic rings. The molecule has 0 spiro atoms. The Hall–Kier alpha value is -0.570. The Morgan fingerprint density at radius 2 is 2.13 bits per heavy atom. The van der Waals surface area contributed by atoms with Crippen LogP contribution >= 0.6 is 0 Å². The molecule has 0 bridgehead atoms. The average Bonchev–Trinajstić information content (AvgIpc) is 2.21. The van der Waals surface area contributed by atoms with Crippen LogP contribution in [0.15, 0.2) is 0 Å². The second-order valence-electron chi connectivity index (χ2n) is 4.92. The molecule has 2 N–H and O–H groups in total. The first-order valence-electron chi connectivity index (χ1n) is 6.10. The van der Waals surface area contributed by atoms with E-state index in [1.165, 1.54) is 0 Å². The largest absolute Gasteiger partial charge is 0.341 e. The van der Waals surface area contributed by atoms with E-state index in [1.54, 1.807) is 0 Å². The van der Waals surface area contributed by atoms with E-state index in [0.717, 1.165) is 38.3 Å². The number of piperidine rings is 1. The number of likely N-dealkylation sites (tertiary alicyclic amines) is 1. The number of amides is 1. The molecule has 3 heteroatoms. The summed E-state index contributed by atoms with van der Waals surface area (Å²) in [7, 11) is 0. The third-order valence-corrected chi connectivity index (χ3v) is 3.56. The molecule has 1 amide bonds. The van der Waals surface area contributed by atoms with E-state index in [-0.39, 0.29) is 11.9 Å². The van der Waals surface area contributed by atoms with E-state index in [1.807, 2.05) is 4.90 Å². The third-order valence-electron chi connectivity index (χ3n) is 3.56. The molecule has 1 rings (SSSR count). The summed E-state index contributed by atoms with van der Waals surface area (Å²) in [4.78, 5) is 13.9. The van der Waals surface area contributed by atoms with Crippen LogP contribution in [0.1, 0.15) is 40.0 Å². The van der Waals surface area contributed by atoms with Crippen LogP contribution in [0.5, 0.6) is 0 Å². The lowest BCUT2D eigenvalue weighted by atomic mass is 9.88. The molecule has 15 heavy (non-hydrogen) atoms. The number of carbonyl (C=O) groups excluding carboxylic acids is 1. The monoisotopic (exact) mass is 212 g/mol. The Labute approximate surface area is 93.0 Å². The van der Waals surface area contributed by atoms with Gasteiger partial charge in [-0.05, 0) is 24.7 Å². The highest BCUT2D eigenvalue weighted by molar-refractivity contribution is 5.81. The molecule has 88 valence electrons. The van der Waals surface area contributed by atoms with E-state index in [2.05, 4.69) is 20.8 Å². The molecule has 1 fully saturated rings. The fourth-order valence-corrected chi connectivity index (χ4v) is 2.13. The molecule has 3 nitrogen and oxygen atoms in total. The second kappa shape index (κ2) is 5.50. The summed E-state index contributed by atoms with van der Waals surface area (Å²) in [5.74, 6) is 1.49. The van der Waals surface area contributed by atoms with Crippen molar-refractivity contribution in [3.05, 3.63) is 0 Å². The zero-order valence-corrected chi connectivity index (χ0v) is 10.2. The number of nitrogens with zero attached hydrogens (tertiary/aromatic N) is 1. The van der Waals surface area contributed by atoms with Gasteiger partial charge in [-0.1, -0.05) is 27.2 Å². The number of hydrogen-bond donors (Lipinski definition) is 1. The number of carbonyl (C=O) groups is 1. The summed E-state index contributed by atoms with van der Waals surface area (Å²) in [5, 5.41) is 0. The molecule has 0 aromatic carbocycles. The lowest BCUT2D eigenvalue weighted by Gasteiger charge is -2.36. The lowest BCUT2D eigenvalue weighted by Crippen LogP contribution is -2.49. The predicted octanol–water partition coefficient (Wildman–Crippen LogP) is 1.62. The summed E-state index contributed by atoms with van der Waals surface area (Å²) >= 11 is 0. The Balaban J connectivity index is 2.47. The Kier molecular flexibility index (Phi) is 4.58. The van der Waals surface area contributed by atoms with Gasteiger partial charge in [-0.15, -0.1) is 0 Å². The Morgan fingerprint density at radius 1 is 1.47 bits per heavy atom. The van der Waals surface area contributed by atoms with Crippen LogP contribution in [0.4, 0.5) is 0 Å². The predicted molar refractivity (Wildman–Crippen MR) is 62.4 cm³/mol. The van der Waals surface area contributed by atoms with Crippen molar-refractivity contribution in [3.8, 4) is 0 Å². The highest BCUT2D eigenvalue weighted by Gasteiger charge is 2.28. The fourth-order valence-electron chi connectivity index (χ4n) is 2.13. The Morgan fingerprint density at radius 3 is 2.67 bits per heavy atom. The SMILES string of the molecule is CCC[C@@H](N)C(=O)N1CCC(C)C(C)C1. The maximum Gasteiger partial charge on any atom is 0.239 e. The molecule has 1 aliphatic rings. The van der Waals surface area contributed by atoms with Crippen LogP contribution in [-0.4, -0.2) is 29.9 Å². The van der Waals surface area contributed by atoms with Crippen LogP contribution in [0.2, 0.25) is 0 Å². The van der Waals surface area contributed by atoms with Crippen LogP contribution < -0.4 is 5.73 Å². The minimum Gasteiger partial charge on any atom is -0.341 e. The molecule has 0 radical (unpaired) electrons. The van der Waals surface area contributed by atoms with Crippen LogP contribution in [0.25, 0.3) is 0 Å². The van der Waals surface area contributed by atoms with E-state index in [4.69, 9.17) is 5.73 Å². The van der Waals surface area contributed by atoms with Crippen molar-refractivity contribution in [1.29, 1.82) is 0 Å². The van der Waals surface area contributed by atoms with Gasteiger partial charge in [0.25, 0.3) is 0 Å². The molecule has 2 unspecified atom stereocenters. The van der Waals surface area contributed by atoms with Crippen molar-refractivity contribution < 1.29 is 4.79 Å². The van der Waals surface area contributed by atoms with Gasteiger partial charge in [0.1, 0.15) is 0 Å². The first-order chi connectivity index (χ1) is 7.06. The zero-order valence-electron chi connectivity index (χ0n) is 10.2. The van der Waals surface area contributed by atoms with Gasteiger partial charge in [-0.2, -0.15) is 0 Å². The summed E-state index contributed by atoms with van der Waals surface area (Å²) in [6, 6.07) is -0.282. The van der Waals surface area contributed by atoms with Gasteiger partial charge in [0.15, 0.2) is 0 Å². The van der Waals surface area contributed by atoms with Crippen molar-refractivity contribution in [3.63, 3.8) is 0 Å². The van der Waals surface area contributed by atoms with Gasteiger partial charge in [0.05, 0.1) is 6.04 Å². The lowest BCUT2D eigenvalue weighted by molar-refractivity contribution is -0.135. The number of hydrogen-bond acceptors (Lipinski definition) is 2. The number of rotatable bonds is 3. The van der Waals surface area contributed by atoms with E-state index >= 15 is 0 Å². The van der Waals surface area contributed by atoms with E-state index < -0.39 is 0 Å². The first kappa shape index (κ1) is 12.5. The Bertz CT molecular complexity index is 218. The van der Waals surface area contributed by atoms with Gasteiger partial charge in [0, 0.05) is 13.1 Å². The first-order valence-corrected chi connectivity index (χ1v) is 6.10. The van der Waals surface area contributed by atoms with Gasteiger partial charge in [-0.3, -0.25) is 4.79 Å². The van der Waals surface area contributed by atoms with Gasteiger partial charge >= 0.3 is 0 Å². The molecule has 0 saturated carbocycles. The molecule has 1 heterocycles. The standard InChI is InChI=1S/C12H24N2O/c1-4-5-11(13)12(15)14-7-6-9(2)10(3)8-14/h9-11H,4-8,13H2,1-3H3/t9?,10?,11-/m1/s1. The van der Waals surface area contributed by atoms with E-state index in [9.17, 15) is 4.79 Å². The summed E-state index contributed by atoms with van der Waals surface area (Å²) in [6.07, 6.45) is 2.90. The zero-order chi connectivity index (χ0) is 11.4. The van der Waals surface area contributed by atoms with Crippen molar-refractivity contribution in [2.24, 2.45) is 17.6 Å². The highest BCUT2D eigenvalue weighted by atomic mass is 16.2. The van der Waals surface area contributed by atoms with Crippen LogP contribution in [-0.2, 0) is 4.79 Å². The van der Waals surface area contributed by atoms with Crippen LogP contribution in [0, 0.1) is 11.8 Å². The molecular formula is C12H24N2O. The molecule has 3 atom stereocenters. The molecule has 0 aliphatic carbocycles. The second-order valence-corrected chi connectivity index (χ2v) is 4.92. The summed E-state index contributed by atoms with van der Waals surface area (Å²) in [6.45, 7) is 8.32. The number of nitrogens with two attached hydrogens (primary N) is 1. The van der Waals surface area contributed by atoms with Crippen molar-refractivity contribution in [2.45, 2.75) is 46.1 Å². The summed E-state index contributed by atoms with van der Waals surface area (Å²) in [5.41, 5.74) is 5.85. The minimum absolute atomic E-state index is 0.149. The minimum atomic E-state index is -0.282. The van der Waals surface area contributed by atoms with Gasteiger partial charge < -0.3 is 10.6 Å². The maximum atomic E-state index is 11.9. The van der Waals surface area contributed by atoms with E-state index in [0.29, 0.717) is 5.92 Å². The molecular weight excluding hydrogens is 188 g/mol. The molecule has 0 aromatic heterocycles. The summed E-state index contributed by atoms with van der Waals surface area (Å²) < 4.78 is 0. The maximum absolute atomic E-state index is 11.9.